The summed E-state index contributed by atoms with van der Waals surface area (Å²) >= 11 is 0. The summed E-state index contributed by atoms with van der Waals surface area (Å²) in [5.74, 6) is 0.742. The van der Waals surface area contributed by atoms with E-state index < -0.39 is 0 Å². The first-order valence-corrected chi connectivity index (χ1v) is 5.78. The van der Waals surface area contributed by atoms with Gasteiger partial charge in [0.15, 0.2) is 0 Å². The molecule has 0 aliphatic rings. The van der Waals surface area contributed by atoms with Crippen molar-refractivity contribution < 1.29 is 9.13 Å². The van der Waals surface area contributed by atoms with Gasteiger partial charge in [0.25, 0.3) is 0 Å². The fraction of sp³-hybridized carbons (Fsp3) is 0.308. The first kappa shape index (κ1) is 12.4. The van der Waals surface area contributed by atoms with Crippen LogP contribution in [0, 0.1) is 5.82 Å². The minimum Gasteiger partial charge on any atom is -0.489 e. The number of hydrogen-bond acceptors (Lipinski definition) is 3. The SMILES string of the molecule is CC(C)n1ncc(COc2cccc(F)c2)c1N. The van der Waals surface area contributed by atoms with Crippen LogP contribution in [-0.2, 0) is 6.61 Å². The highest BCUT2D eigenvalue weighted by molar-refractivity contribution is 5.39. The molecule has 0 radical (unpaired) electrons. The maximum absolute atomic E-state index is 13.0. The minimum absolute atomic E-state index is 0.202. The van der Waals surface area contributed by atoms with Crippen LogP contribution >= 0.6 is 0 Å². The van der Waals surface area contributed by atoms with Crippen LogP contribution in [0.1, 0.15) is 25.5 Å². The monoisotopic (exact) mass is 249 g/mol. The first-order valence-electron chi connectivity index (χ1n) is 5.78. The second kappa shape index (κ2) is 5.08. The molecule has 0 atom stereocenters. The van der Waals surface area contributed by atoms with Crippen LogP contribution in [0.3, 0.4) is 0 Å². The summed E-state index contributed by atoms with van der Waals surface area (Å²) in [6.45, 7) is 4.28. The third-order valence-corrected chi connectivity index (χ3v) is 2.59. The van der Waals surface area contributed by atoms with Crippen molar-refractivity contribution in [3.05, 3.63) is 41.8 Å². The maximum atomic E-state index is 13.0. The Morgan fingerprint density at radius 1 is 1.44 bits per heavy atom. The summed E-state index contributed by atoms with van der Waals surface area (Å²) in [5.41, 5.74) is 6.74. The Kier molecular flexibility index (Phi) is 3.50. The van der Waals surface area contributed by atoms with E-state index in [0.29, 0.717) is 11.6 Å². The number of nitrogens with zero attached hydrogens (tertiary/aromatic N) is 2. The largest absolute Gasteiger partial charge is 0.489 e. The van der Waals surface area contributed by atoms with Gasteiger partial charge in [0.05, 0.1) is 11.8 Å². The molecule has 96 valence electrons. The lowest BCUT2D eigenvalue weighted by Gasteiger charge is -2.09. The average molecular weight is 249 g/mol. The van der Waals surface area contributed by atoms with E-state index in [0.717, 1.165) is 5.56 Å². The molecule has 1 aromatic carbocycles. The Balaban J connectivity index is 2.07. The molecule has 0 aliphatic heterocycles. The van der Waals surface area contributed by atoms with Crippen molar-refractivity contribution in [2.45, 2.75) is 26.5 Å². The normalized spacial score (nSPS) is 10.9. The second-order valence-electron chi connectivity index (χ2n) is 4.34. The molecular weight excluding hydrogens is 233 g/mol. The molecule has 2 aromatic rings. The van der Waals surface area contributed by atoms with E-state index >= 15 is 0 Å². The molecule has 2 rings (SSSR count). The molecule has 1 aromatic heterocycles. The van der Waals surface area contributed by atoms with Crippen molar-refractivity contribution in [3.63, 3.8) is 0 Å². The Hall–Kier alpha value is -2.04. The van der Waals surface area contributed by atoms with Gasteiger partial charge < -0.3 is 10.5 Å². The molecule has 0 amide bonds. The molecule has 18 heavy (non-hydrogen) atoms. The molecule has 0 fully saturated rings. The van der Waals surface area contributed by atoms with Crippen molar-refractivity contribution in [1.82, 2.24) is 9.78 Å². The Labute approximate surface area is 105 Å². The van der Waals surface area contributed by atoms with Crippen molar-refractivity contribution in [2.24, 2.45) is 0 Å². The molecule has 1 heterocycles. The Morgan fingerprint density at radius 3 is 2.83 bits per heavy atom. The van der Waals surface area contributed by atoms with Crippen LogP contribution in [-0.4, -0.2) is 9.78 Å². The Morgan fingerprint density at radius 2 is 2.22 bits per heavy atom. The maximum Gasteiger partial charge on any atom is 0.128 e. The Bertz CT molecular complexity index is 537. The van der Waals surface area contributed by atoms with Crippen LogP contribution in [0.4, 0.5) is 10.2 Å². The summed E-state index contributed by atoms with van der Waals surface area (Å²) in [6, 6.07) is 6.21. The standard InChI is InChI=1S/C13H16FN3O/c1-9(2)17-13(15)10(7-16-17)8-18-12-5-3-4-11(14)6-12/h3-7,9H,8,15H2,1-2H3. The molecule has 0 saturated heterocycles. The van der Waals surface area contributed by atoms with E-state index in [4.69, 9.17) is 10.5 Å². The molecule has 2 N–H and O–H groups in total. The van der Waals surface area contributed by atoms with Gasteiger partial charge in [-0.05, 0) is 26.0 Å². The number of nitrogen functional groups attached to an aromatic ring is 1. The topological polar surface area (TPSA) is 53.1 Å². The van der Waals surface area contributed by atoms with Crippen LogP contribution in [0.2, 0.25) is 0 Å². The van der Waals surface area contributed by atoms with E-state index in [9.17, 15) is 4.39 Å². The lowest BCUT2D eigenvalue weighted by Crippen LogP contribution is -2.08. The zero-order valence-corrected chi connectivity index (χ0v) is 10.4. The molecule has 0 unspecified atom stereocenters. The molecule has 5 heteroatoms. The second-order valence-corrected chi connectivity index (χ2v) is 4.34. The first-order chi connectivity index (χ1) is 8.58. The zero-order valence-electron chi connectivity index (χ0n) is 10.4. The highest BCUT2D eigenvalue weighted by Gasteiger charge is 2.10. The number of benzene rings is 1. The third kappa shape index (κ3) is 2.61. The van der Waals surface area contributed by atoms with Crippen molar-refractivity contribution in [3.8, 4) is 5.75 Å². The van der Waals surface area contributed by atoms with Crippen molar-refractivity contribution >= 4 is 5.82 Å². The molecule has 4 nitrogen and oxygen atoms in total. The van der Waals surface area contributed by atoms with Gasteiger partial charge in [0.2, 0.25) is 0 Å². The quantitative estimate of drug-likeness (QED) is 0.906. The average Bonchev–Trinajstić information content (AvgIpc) is 2.68. The van der Waals surface area contributed by atoms with Gasteiger partial charge in [0, 0.05) is 12.1 Å². The fourth-order valence-corrected chi connectivity index (χ4v) is 1.65. The number of aromatic nitrogens is 2. The summed E-state index contributed by atoms with van der Waals surface area (Å²) in [7, 11) is 0. The molecule has 0 aliphatic carbocycles. The van der Waals surface area contributed by atoms with E-state index in [1.54, 1.807) is 23.0 Å². The fourth-order valence-electron chi connectivity index (χ4n) is 1.65. The zero-order chi connectivity index (χ0) is 13.1. The van der Waals surface area contributed by atoms with Gasteiger partial charge in [0.1, 0.15) is 24.0 Å². The summed E-state index contributed by atoms with van der Waals surface area (Å²) < 4.78 is 20.2. The number of hydrogen-bond donors (Lipinski definition) is 1. The van der Waals surface area contributed by atoms with E-state index in [-0.39, 0.29) is 18.5 Å². The minimum atomic E-state index is -0.321. The number of halogens is 1. The predicted molar refractivity (Wildman–Crippen MR) is 67.8 cm³/mol. The molecular formula is C13H16FN3O. The van der Waals surface area contributed by atoms with E-state index in [2.05, 4.69) is 5.10 Å². The number of nitrogens with two attached hydrogens (primary N) is 1. The van der Waals surface area contributed by atoms with E-state index in [1.807, 2.05) is 13.8 Å². The summed E-state index contributed by atoms with van der Waals surface area (Å²) in [4.78, 5) is 0. The van der Waals surface area contributed by atoms with Gasteiger partial charge in [-0.15, -0.1) is 0 Å². The molecule has 0 spiro atoms. The molecule has 0 bridgehead atoms. The summed E-state index contributed by atoms with van der Waals surface area (Å²) in [6.07, 6.45) is 1.68. The van der Waals surface area contributed by atoms with Crippen molar-refractivity contribution in [2.75, 3.05) is 5.73 Å². The van der Waals surface area contributed by atoms with Crippen LogP contribution in [0.25, 0.3) is 0 Å². The lowest BCUT2D eigenvalue weighted by molar-refractivity contribution is 0.305. The summed E-state index contributed by atoms with van der Waals surface area (Å²) in [5, 5.41) is 4.18. The van der Waals surface area contributed by atoms with Gasteiger partial charge >= 0.3 is 0 Å². The van der Waals surface area contributed by atoms with Gasteiger partial charge in [-0.1, -0.05) is 6.07 Å². The predicted octanol–water partition coefficient (Wildman–Crippen LogP) is 2.76. The lowest BCUT2D eigenvalue weighted by atomic mass is 10.3. The number of anilines is 1. The van der Waals surface area contributed by atoms with Crippen LogP contribution in [0.5, 0.6) is 5.75 Å². The molecule has 0 saturated carbocycles. The van der Waals surface area contributed by atoms with Crippen LogP contribution in [0.15, 0.2) is 30.5 Å². The van der Waals surface area contributed by atoms with Gasteiger partial charge in [-0.25, -0.2) is 9.07 Å². The van der Waals surface area contributed by atoms with Crippen LogP contribution < -0.4 is 10.5 Å². The van der Waals surface area contributed by atoms with Crippen molar-refractivity contribution in [1.29, 1.82) is 0 Å². The van der Waals surface area contributed by atoms with Gasteiger partial charge in [-0.3, -0.25) is 0 Å². The third-order valence-electron chi connectivity index (χ3n) is 2.59. The number of rotatable bonds is 4. The van der Waals surface area contributed by atoms with Gasteiger partial charge in [-0.2, -0.15) is 5.10 Å². The highest BCUT2D eigenvalue weighted by Crippen LogP contribution is 2.19. The van der Waals surface area contributed by atoms with E-state index in [1.165, 1.54) is 12.1 Å². The number of ether oxygens (including phenoxy) is 1. The highest BCUT2D eigenvalue weighted by atomic mass is 19.1. The smallest absolute Gasteiger partial charge is 0.128 e.